The lowest BCUT2D eigenvalue weighted by molar-refractivity contribution is 0.0170. The van der Waals surface area contributed by atoms with Crippen molar-refractivity contribution in [2.24, 2.45) is 0 Å². The van der Waals surface area contributed by atoms with Crippen molar-refractivity contribution in [2.45, 2.75) is 38.8 Å². The molecule has 0 aliphatic carbocycles. The van der Waals surface area contributed by atoms with Crippen molar-refractivity contribution in [1.82, 2.24) is 5.32 Å². The Morgan fingerprint density at radius 1 is 1.62 bits per heavy atom. The molecule has 0 saturated carbocycles. The van der Waals surface area contributed by atoms with E-state index in [-0.39, 0.29) is 6.23 Å². The van der Waals surface area contributed by atoms with Crippen LogP contribution in [-0.2, 0) is 9.47 Å². The third kappa shape index (κ3) is 4.12. The third-order valence-corrected chi connectivity index (χ3v) is 1.89. The molecule has 0 bridgehead atoms. The van der Waals surface area contributed by atoms with Crippen LogP contribution < -0.4 is 5.32 Å². The molecule has 0 aromatic heterocycles. The van der Waals surface area contributed by atoms with Crippen molar-refractivity contribution in [3.8, 4) is 0 Å². The molecule has 1 fully saturated rings. The van der Waals surface area contributed by atoms with Crippen molar-refractivity contribution < 1.29 is 14.3 Å². The largest absolute Gasteiger partial charge is 0.509 e. The van der Waals surface area contributed by atoms with Crippen LogP contribution in [0.25, 0.3) is 0 Å². The average molecular weight is 186 g/mol. The van der Waals surface area contributed by atoms with Gasteiger partial charge in [0.2, 0.25) is 0 Å². The first kappa shape index (κ1) is 10.3. The molecular formula is C9H16NO3. The van der Waals surface area contributed by atoms with Gasteiger partial charge in [-0.3, -0.25) is 0 Å². The van der Waals surface area contributed by atoms with Gasteiger partial charge in [-0.15, -0.1) is 0 Å². The first-order chi connectivity index (χ1) is 6.33. The third-order valence-electron chi connectivity index (χ3n) is 1.89. The molecule has 1 aliphatic rings. The molecule has 4 nitrogen and oxygen atoms in total. The molecular weight excluding hydrogens is 170 g/mol. The standard InChI is InChI=1S/C9H16NO3/c1-2-3-7-12-9(11)13-8-5-4-6-10-8/h8H,2-7H2,1H3. The first-order valence-electron chi connectivity index (χ1n) is 4.83. The summed E-state index contributed by atoms with van der Waals surface area (Å²) in [6.45, 7) is 3.29. The quantitative estimate of drug-likeness (QED) is 0.495. The molecule has 0 amide bonds. The molecule has 1 rings (SSSR count). The normalized spacial score (nSPS) is 21.5. The van der Waals surface area contributed by atoms with Crippen molar-refractivity contribution in [3.05, 3.63) is 0 Å². The fraction of sp³-hybridized carbons (Fsp3) is 0.889. The second-order valence-corrected chi connectivity index (χ2v) is 3.07. The second kappa shape index (κ2) is 5.80. The summed E-state index contributed by atoms with van der Waals surface area (Å²) in [6.07, 6.45) is 2.91. The number of unbranched alkanes of at least 4 members (excludes halogenated alkanes) is 1. The van der Waals surface area contributed by atoms with Gasteiger partial charge in [-0.05, 0) is 12.8 Å². The van der Waals surface area contributed by atoms with E-state index in [4.69, 9.17) is 9.47 Å². The molecule has 13 heavy (non-hydrogen) atoms. The van der Waals surface area contributed by atoms with E-state index in [0.29, 0.717) is 6.61 Å². The van der Waals surface area contributed by atoms with Gasteiger partial charge in [-0.2, -0.15) is 0 Å². The second-order valence-electron chi connectivity index (χ2n) is 3.07. The maximum absolute atomic E-state index is 11.0. The summed E-state index contributed by atoms with van der Waals surface area (Å²) >= 11 is 0. The molecule has 0 spiro atoms. The van der Waals surface area contributed by atoms with Crippen molar-refractivity contribution in [1.29, 1.82) is 0 Å². The molecule has 75 valence electrons. The highest BCUT2D eigenvalue weighted by molar-refractivity contribution is 5.60. The zero-order valence-electron chi connectivity index (χ0n) is 7.99. The van der Waals surface area contributed by atoms with E-state index in [1.165, 1.54) is 0 Å². The fourth-order valence-corrected chi connectivity index (χ4v) is 1.13. The number of ether oxygens (including phenoxy) is 2. The summed E-state index contributed by atoms with van der Waals surface area (Å²) in [5, 5.41) is 4.08. The summed E-state index contributed by atoms with van der Waals surface area (Å²) in [7, 11) is 0. The summed E-state index contributed by atoms with van der Waals surface area (Å²) in [4.78, 5) is 11.0. The minimum absolute atomic E-state index is 0.255. The Balaban J connectivity index is 2.02. The Hall–Kier alpha value is -0.770. The van der Waals surface area contributed by atoms with Gasteiger partial charge in [0.15, 0.2) is 6.23 Å². The molecule has 0 N–H and O–H groups in total. The molecule has 1 unspecified atom stereocenters. The van der Waals surface area contributed by atoms with Gasteiger partial charge in [-0.1, -0.05) is 13.3 Å². The van der Waals surface area contributed by atoms with Gasteiger partial charge in [0.05, 0.1) is 6.61 Å². The van der Waals surface area contributed by atoms with Gasteiger partial charge in [0, 0.05) is 13.0 Å². The van der Waals surface area contributed by atoms with Gasteiger partial charge in [0.25, 0.3) is 0 Å². The highest BCUT2D eigenvalue weighted by Gasteiger charge is 2.20. The van der Waals surface area contributed by atoms with Gasteiger partial charge < -0.3 is 9.47 Å². The van der Waals surface area contributed by atoms with Crippen LogP contribution >= 0.6 is 0 Å². The van der Waals surface area contributed by atoms with E-state index < -0.39 is 6.16 Å². The predicted octanol–water partition coefficient (Wildman–Crippen LogP) is 1.66. The Morgan fingerprint density at radius 2 is 2.46 bits per heavy atom. The van der Waals surface area contributed by atoms with E-state index in [1.54, 1.807) is 0 Å². The lowest BCUT2D eigenvalue weighted by Crippen LogP contribution is -2.23. The molecule has 0 aromatic rings. The van der Waals surface area contributed by atoms with Gasteiger partial charge >= 0.3 is 6.16 Å². The Labute approximate surface area is 78.6 Å². The highest BCUT2D eigenvalue weighted by atomic mass is 16.7. The number of rotatable bonds is 4. The minimum Gasteiger partial charge on any atom is -0.434 e. The number of carbonyl (C=O) groups excluding carboxylic acids is 1. The van der Waals surface area contributed by atoms with Gasteiger partial charge in [-0.25, -0.2) is 10.1 Å². The van der Waals surface area contributed by atoms with Crippen LogP contribution in [0.2, 0.25) is 0 Å². The predicted molar refractivity (Wildman–Crippen MR) is 47.4 cm³/mol. The van der Waals surface area contributed by atoms with E-state index in [2.05, 4.69) is 5.32 Å². The van der Waals surface area contributed by atoms with E-state index in [9.17, 15) is 4.79 Å². The molecule has 1 atom stereocenters. The summed E-state index contributed by atoms with van der Waals surface area (Å²) < 4.78 is 9.75. The average Bonchev–Trinajstić information content (AvgIpc) is 2.57. The zero-order chi connectivity index (χ0) is 9.52. The summed E-state index contributed by atoms with van der Waals surface area (Å²) in [5.41, 5.74) is 0. The van der Waals surface area contributed by atoms with Crippen LogP contribution in [0.15, 0.2) is 0 Å². The van der Waals surface area contributed by atoms with Crippen molar-refractivity contribution in [3.63, 3.8) is 0 Å². The maximum atomic E-state index is 11.0. The Bertz CT molecular complexity index is 155. The summed E-state index contributed by atoms with van der Waals surface area (Å²) in [6, 6.07) is 0. The van der Waals surface area contributed by atoms with Crippen LogP contribution in [-0.4, -0.2) is 25.5 Å². The number of hydrogen-bond acceptors (Lipinski definition) is 3. The smallest absolute Gasteiger partial charge is 0.434 e. The SMILES string of the molecule is CCCCOC(=O)OC1CCC[N]1. The Morgan fingerprint density at radius 3 is 3.08 bits per heavy atom. The van der Waals surface area contributed by atoms with Crippen LogP contribution in [0.3, 0.4) is 0 Å². The molecule has 1 saturated heterocycles. The number of carbonyl (C=O) groups is 1. The monoisotopic (exact) mass is 186 g/mol. The van der Waals surface area contributed by atoms with Crippen molar-refractivity contribution in [2.75, 3.05) is 13.2 Å². The zero-order valence-corrected chi connectivity index (χ0v) is 7.99. The number of nitrogens with zero attached hydrogens (tertiary/aromatic N) is 1. The Kier molecular flexibility index (Phi) is 4.60. The molecule has 0 aromatic carbocycles. The fourth-order valence-electron chi connectivity index (χ4n) is 1.13. The van der Waals surface area contributed by atoms with Crippen LogP contribution in [0, 0.1) is 0 Å². The van der Waals surface area contributed by atoms with Crippen LogP contribution in [0.4, 0.5) is 4.79 Å². The van der Waals surface area contributed by atoms with Crippen LogP contribution in [0.1, 0.15) is 32.6 Å². The molecule has 1 heterocycles. The topological polar surface area (TPSA) is 49.6 Å². The lowest BCUT2D eigenvalue weighted by atomic mass is 10.4. The lowest BCUT2D eigenvalue weighted by Gasteiger charge is -2.10. The van der Waals surface area contributed by atoms with Crippen LogP contribution in [0.5, 0.6) is 0 Å². The maximum Gasteiger partial charge on any atom is 0.509 e. The molecule has 1 radical (unpaired) electrons. The minimum atomic E-state index is -0.580. The molecule has 1 aliphatic heterocycles. The van der Waals surface area contributed by atoms with E-state index in [1.807, 2.05) is 6.92 Å². The number of hydrogen-bond donors (Lipinski definition) is 0. The molecule has 4 heteroatoms. The van der Waals surface area contributed by atoms with E-state index in [0.717, 1.165) is 32.2 Å². The van der Waals surface area contributed by atoms with E-state index >= 15 is 0 Å². The highest BCUT2D eigenvalue weighted by Crippen LogP contribution is 2.09. The summed E-state index contributed by atoms with van der Waals surface area (Å²) in [5.74, 6) is 0. The first-order valence-corrected chi connectivity index (χ1v) is 4.83. The van der Waals surface area contributed by atoms with Gasteiger partial charge in [0.1, 0.15) is 0 Å². The van der Waals surface area contributed by atoms with Crippen molar-refractivity contribution >= 4 is 6.16 Å².